The van der Waals surface area contributed by atoms with Gasteiger partial charge in [0, 0.05) is 66.4 Å². The molecule has 2 aromatic heterocycles. The molecule has 8 atom stereocenters. The van der Waals surface area contributed by atoms with E-state index in [0.29, 0.717) is 25.1 Å². The Bertz CT molecular complexity index is 2190. The van der Waals surface area contributed by atoms with Crippen LogP contribution in [0, 0.1) is 35.8 Å². The van der Waals surface area contributed by atoms with Gasteiger partial charge in [0.25, 0.3) is 31.0 Å². The smallest absolute Gasteiger partial charge is 0.328 e. The fourth-order valence-corrected chi connectivity index (χ4v) is 9.90. The first-order valence-electron chi connectivity index (χ1n) is 22.6. The summed E-state index contributed by atoms with van der Waals surface area (Å²) in [6.07, 6.45) is -0.816. The molecule has 2 fully saturated rings. The normalized spacial score (nSPS) is 21.6. The van der Waals surface area contributed by atoms with E-state index in [0.717, 1.165) is 15.3 Å². The lowest BCUT2D eigenvalue weighted by molar-refractivity contribution is -0.01000. The average Bonchev–Trinajstić information content (AvgIpc) is 3.86. The first kappa shape index (κ1) is 53.4. The Hall–Kier alpha value is -4.22. The molecule has 4 unspecified atom stereocenters. The highest BCUT2D eigenvalue weighted by molar-refractivity contribution is 7.49. The van der Waals surface area contributed by atoms with Crippen LogP contribution in [0.3, 0.4) is 0 Å². The maximum absolute atomic E-state index is 12.3. The number of aromatic amines is 2. The van der Waals surface area contributed by atoms with Crippen molar-refractivity contribution in [2.45, 2.75) is 156 Å². The molecular weight excluding hydrogens is 886 g/mol. The fourth-order valence-electron chi connectivity index (χ4n) is 6.35. The molecule has 0 bridgehead atoms. The van der Waals surface area contributed by atoms with E-state index in [-0.39, 0.29) is 63.1 Å². The topological polar surface area (TPSA) is 279 Å². The van der Waals surface area contributed by atoms with Crippen molar-refractivity contribution in [2.75, 3.05) is 34.1 Å². The van der Waals surface area contributed by atoms with Gasteiger partial charge in [-0.15, -0.1) is 0 Å². The number of ether oxygens (including phenoxy) is 2. The number of aliphatic hydroxyl groups is 3. The highest BCUT2D eigenvalue weighted by Gasteiger charge is 2.39. The Balaban J connectivity index is 0.00000103. The zero-order chi connectivity index (χ0) is 53.0. The van der Waals surface area contributed by atoms with Crippen LogP contribution >= 0.6 is 16.8 Å². The van der Waals surface area contributed by atoms with E-state index in [4.69, 9.17) is 52.3 Å². The van der Waals surface area contributed by atoms with E-state index in [9.17, 15) is 24.3 Å². The first-order valence-corrected chi connectivity index (χ1v) is 23.2. The second-order valence-corrected chi connectivity index (χ2v) is 17.9. The average molecular weight is 961 g/mol. The van der Waals surface area contributed by atoms with Crippen molar-refractivity contribution in [2.24, 2.45) is 0 Å². The summed E-state index contributed by atoms with van der Waals surface area (Å²) in [6, 6.07) is 5.35. The molecule has 2 aliphatic rings. The van der Waals surface area contributed by atoms with E-state index < -0.39 is 76.2 Å². The molecule has 0 amide bonds. The number of aromatic nitrogens is 4. The quantitative estimate of drug-likeness (QED) is 0.0840. The highest BCUT2D eigenvalue weighted by Crippen LogP contribution is 2.50. The van der Waals surface area contributed by atoms with Crippen molar-refractivity contribution < 1.29 is 41.1 Å². The summed E-state index contributed by atoms with van der Waals surface area (Å²) in [5.41, 5.74) is -3.33. The SMILES string of the molecule is CC(C)N(C(C)C)P(C)OCCC#N.[2H]C[C@H]1O[C@@H](n2cc([N+]#[C-])c(=O)[nH]c2=O)CC1O.[2H]C[C@H]1O[C@@H](n2cc([N+]#[C-])c(=O)[nH]c2=O)CC1OP(OCCC#N)N(C(C)C)C(C)C.[3H]OC.[3H]OC. The minimum atomic E-state index is -1.54. The van der Waals surface area contributed by atoms with Crippen LogP contribution in [-0.4, -0.2) is 129 Å². The number of aliphatic hydroxyl groups excluding tert-OH is 3. The number of hydrogen-bond acceptors (Lipinski definition) is 16. The monoisotopic (exact) mass is 960 g/mol. The van der Waals surface area contributed by atoms with Crippen LogP contribution in [0.1, 0.15) is 110 Å². The van der Waals surface area contributed by atoms with Crippen LogP contribution in [0.25, 0.3) is 9.69 Å². The fraction of sp³-hybridized carbons (Fsp3) is 0.707. The molecule has 2 saturated heterocycles. The van der Waals surface area contributed by atoms with E-state index >= 15 is 0 Å². The van der Waals surface area contributed by atoms with Crippen molar-refractivity contribution in [1.29, 1.82) is 13.4 Å². The molecule has 2 aliphatic heterocycles. The molecule has 0 spiro atoms. The third-order valence-electron chi connectivity index (χ3n) is 8.91. The van der Waals surface area contributed by atoms with Crippen molar-refractivity contribution in [1.82, 2.24) is 28.4 Å². The summed E-state index contributed by atoms with van der Waals surface area (Å²) in [5.74, 6) is 0. The molecule has 0 aromatic carbocycles. The summed E-state index contributed by atoms with van der Waals surface area (Å²) < 4.78 is 62.1. The van der Waals surface area contributed by atoms with Crippen molar-refractivity contribution >= 4 is 28.2 Å². The Kier molecular flexibility index (Phi) is 26.0. The molecule has 65 heavy (non-hydrogen) atoms. The predicted octanol–water partition coefficient (Wildman–Crippen LogP) is 5.01. The van der Waals surface area contributed by atoms with Gasteiger partial charge >= 0.3 is 11.4 Å². The molecule has 0 aliphatic carbocycles. The van der Waals surface area contributed by atoms with Gasteiger partial charge in [0.2, 0.25) is 2.86 Å². The molecule has 2 aromatic rings. The number of nitriles is 2. The van der Waals surface area contributed by atoms with Gasteiger partial charge in [0.05, 0.1) is 75.8 Å². The predicted molar refractivity (Wildman–Crippen MR) is 247 cm³/mol. The van der Waals surface area contributed by atoms with E-state index in [1.54, 1.807) is 0 Å². The maximum Gasteiger partial charge on any atom is 0.328 e. The van der Waals surface area contributed by atoms with Gasteiger partial charge in [0.1, 0.15) is 20.8 Å². The summed E-state index contributed by atoms with van der Waals surface area (Å²) in [4.78, 5) is 57.0. The van der Waals surface area contributed by atoms with E-state index in [1.807, 2.05) is 38.7 Å². The number of hydrogen-bond donors (Lipinski definition) is 5. The van der Waals surface area contributed by atoms with Crippen molar-refractivity contribution in [3.63, 3.8) is 0 Å². The molecule has 5 N–H and O–H groups in total. The summed E-state index contributed by atoms with van der Waals surface area (Å²) in [5, 5.41) is 33.8. The van der Waals surface area contributed by atoms with E-state index in [2.05, 4.69) is 74.7 Å². The summed E-state index contributed by atoms with van der Waals surface area (Å²) >= 11 is 0. The minimum Gasteiger partial charge on any atom is -0.400 e. The van der Waals surface area contributed by atoms with Gasteiger partial charge in [-0.1, -0.05) is 0 Å². The van der Waals surface area contributed by atoms with Gasteiger partial charge < -0.3 is 38.4 Å². The van der Waals surface area contributed by atoms with Crippen LogP contribution in [0.2, 0.25) is 0 Å². The van der Waals surface area contributed by atoms with Crippen molar-refractivity contribution in [3.05, 3.63) is 76.9 Å². The molecule has 0 radical (unpaired) electrons. The third kappa shape index (κ3) is 19.3. The minimum absolute atomic E-state index is 0.0975. The molecule has 4 heterocycles. The van der Waals surface area contributed by atoms with Gasteiger partial charge in [-0.05, 0) is 75.9 Å². The molecular formula is C41H68N10O12P2. The maximum atomic E-state index is 12.3. The molecule has 0 saturated carbocycles. The van der Waals surface area contributed by atoms with Gasteiger partial charge in [-0.25, -0.2) is 23.9 Å². The summed E-state index contributed by atoms with van der Waals surface area (Å²) in [7, 11) is 0.488. The Morgan fingerprint density at radius 2 is 1.25 bits per heavy atom. The second-order valence-electron chi connectivity index (χ2n) is 14.8. The number of H-pyrrole nitrogens is 2. The molecule has 364 valence electrons. The molecule has 24 heteroatoms. The second kappa shape index (κ2) is 31.7. The van der Waals surface area contributed by atoms with Crippen LogP contribution in [0.4, 0.5) is 11.4 Å². The van der Waals surface area contributed by atoms with Crippen LogP contribution in [0.5, 0.6) is 0 Å². The highest BCUT2D eigenvalue weighted by atomic mass is 31.2. The zero-order valence-electron chi connectivity index (χ0n) is 43.0. The summed E-state index contributed by atoms with van der Waals surface area (Å²) in [6.45, 7) is 33.3. The lowest BCUT2D eigenvalue weighted by Gasteiger charge is -2.37. The van der Waals surface area contributed by atoms with Crippen molar-refractivity contribution in [3.8, 4) is 12.1 Å². The van der Waals surface area contributed by atoms with Gasteiger partial charge in [0.15, 0.2) is 0 Å². The number of rotatable bonds is 16. The number of nitrogens with zero attached hydrogens (tertiary/aromatic N) is 8. The molecule has 4 rings (SSSR count). The third-order valence-corrected chi connectivity index (χ3v) is 13.2. The lowest BCUT2D eigenvalue weighted by Crippen LogP contribution is -2.35. The zero-order valence-corrected chi connectivity index (χ0v) is 40.8. The first-order chi connectivity index (χ1) is 32.6. The van der Waals surface area contributed by atoms with Gasteiger partial charge in [-0.3, -0.25) is 33.4 Å². The van der Waals surface area contributed by atoms with Gasteiger partial charge in [-0.2, -0.15) is 10.5 Å². The van der Waals surface area contributed by atoms with Crippen LogP contribution in [0.15, 0.2) is 31.6 Å². The lowest BCUT2D eigenvalue weighted by atomic mass is 10.2. The van der Waals surface area contributed by atoms with Crippen LogP contribution < -0.4 is 22.5 Å². The Labute approximate surface area is 389 Å². The Morgan fingerprint density at radius 3 is 1.63 bits per heavy atom. The van der Waals surface area contributed by atoms with E-state index in [1.165, 1.54) is 20.4 Å². The molecule has 22 nitrogen and oxygen atoms in total. The number of nitrogens with one attached hydrogen (secondary N) is 2. The Morgan fingerprint density at radius 1 is 0.831 bits per heavy atom. The standard InChI is InChI=1S/C19H28N5O5P.C10H11N3O4.C10H21N2OP.2CH4O/c1-12(2)24(13(3)4)30(27-9-7-8-20)29-16-10-17(28-14(16)5)23-11-15(21-6)18(25)22-19(23)26;1-5-7(14)3-8(17-5)13-4-6(11-2)9(15)12-10(13)16;1-9(2)12(10(3)4)14(5)13-8-6-7-11;2*1-2/h11-14,16-17H,7,9-10H2,1-5H3,(H,22,25,26);4-5,7-8,14H,3H2,1H3,(H,12,15,16);9-10H,6,8H2,1-5H3;2*2H,1H3/t14-,16?,17-,30?;5-,7?,8-;;;/m11.../s1/i5D;1D;;2*2T. The van der Waals surface area contributed by atoms with Crippen LogP contribution in [-0.2, 0) is 23.0 Å². The largest absolute Gasteiger partial charge is 0.400 e.